The molecule has 0 aliphatic carbocycles. The topological polar surface area (TPSA) is 46.6 Å². The van der Waals surface area contributed by atoms with Crippen molar-refractivity contribution in [3.05, 3.63) is 52.0 Å². The minimum Gasteiger partial charge on any atom is -0.493 e. The van der Waals surface area contributed by atoms with Crippen molar-refractivity contribution in [2.75, 3.05) is 19.7 Å². The molecular formula is C19H20FNO3S. The van der Waals surface area contributed by atoms with E-state index >= 15 is 0 Å². The molecule has 0 spiro atoms. The number of amides is 1. The number of hydrogen-bond acceptors (Lipinski definition) is 4. The number of ether oxygens (including phenoxy) is 1. The van der Waals surface area contributed by atoms with Gasteiger partial charge < -0.3 is 9.64 Å². The van der Waals surface area contributed by atoms with Crippen LogP contribution in [-0.2, 0) is 0 Å². The van der Waals surface area contributed by atoms with E-state index in [1.165, 1.54) is 30.4 Å². The van der Waals surface area contributed by atoms with Gasteiger partial charge in [-0.2, -0.15) is 0 Å². The molecule has 1 aliphatic heterocycles. The molecule has 1 unspecified atom stereocenters. The molecule has 2 aromatic rings. The Balaban J connectivity index is 1.58. The lowest BCUT2D eigenvalue weighted by Crippen LogP contribution is -2.41. The SMILES string of the molecule is CC(=O)c1cc(C(=O)N2CCCC(COc3cccc(F)c3)C2)cs1. The van der Waals surface area contributed by atoms with Crippen LogP contribution in [0, 0.1) is 11.7 Å². The maximum Gasteiger partial charge on any atom is 0.254 e. The molecule has 1 atom stereocenters. The molecule has 1 aromatic carbocycles. The third kappa shape index (κ3) is 4.45. The minimum atomic E-state index is -0.323. The van der Waals surface area contributed by atoms with Gasteiger partial charge in [0.25, 0.3) is 5.91 Å². The molecule has 0 N–H and O–H groups in total. The maximum atomic E-state index is 13.2. The van der Waals surface area contributed by atoms with E-state index < -0.39 is 0 Å². The molecule has 2 heterocycles. The summed E-state index contributed by atoms with van der Waals surface area (Å²) < 4.78 is 18.9. The lowest BCUT2D eigenvalue weighted by molar-refractivity contribution is 0.0634. The summed E-state index contributed by atoms with van der Waals surface area (Å²) in [4.78, 5) is 26.4. The van der Waals surface area contributed by atoms with E-state index in [0.29, 0.717) is 35.9 Å². The summed E-state index contributed by atoms with van der Waals surface area (Å²) in [6.45, 7) is 3.27. The Kier molecular flexibility index (Phi) is 5.48. The van der Waals surface area contributed by atoms with Gasteiger partial charge in [0.2, 0.25) is 0 Å². The smallest absolute Gasteiger partial charge is 0.254 e. The summed E-state index contributed by atoms with van der Waals surface area (Å²) >= 11 is 1.30. The van der Waals surface area contributed by atoms with Crippen LogP contribution in [0.2, 0.25) is 0 Å². The van der Waals surface area contributed by atoms with Crippen LogP contribution in [-0.4, -0.2) is 36.3 Å². The van der Waals surface area contributed by atoms with E-state index in [1.54, 1.807) is 23.6 Å². The van der Waals surface area contributed by atoms with Crippen LogP contribution in [0.15, 0.2) is 35.7 Å². The average Bonchev–Trinajstić information content (AvgIpc) is 3.10. The van der Waals surface area contributed by atoms with Crippen molar-refractivity contribution in [1.29, 1.82) is 0 Å². The lowest BCUT2D eigenvalue weighted by Gasteiger charge is -2.32. The number of likely N-dealkylation sites (tertiary alicyclic amines) is 1. The summed E-state index contributed by atoms with van der Waals surface area (Å²) in [6.07, 6.45) is 1.88. The van der Waals surface area contributed by atoms with E-state index in [9.17, 15) is 14.0 Å². The van der Waals surface area contributed by atoms with Gasteiger partial charge in [0, 0.05) is 30.5 Å². The normalized spacial score (nSPS) is 17.4. The molecule has 6 heteroatoms. The van der Waals surface area contributed by atoms with Gasteiger partial charge in [-0.25, -0.2) is 4.39 Å². The van der Waals surface area contributed by atoms with E-state index in [2.05, 4.69) is 0 Å². The molecule has 1 aliphatic rings. The lowest BCUT2D eigenvalue weighted by atomic mass is 9.98. The van der Waals surface area contributed by atoms with Crippen LogP contribution in [0.1, 0.15) is 39.8 Å². The van der Waals surface area contributed by atoms with Crippen LogP contribution in [0.5, 0.6) is 5.75 Å². The third-order valence-corrected chi connectivity index (χ3v) is 5.31. The predicted octanol–water partition coefficient (Wildman–Crippen LogP) is 4.02. The summed E-state index contributed by atoms with van der Waals surface area (Å²) in [5.74, 6) is 0.333. The quantitative estimate of drug-likeness (QED) is 0.756. The highest BCUT2D eigenvalue weighted by Gasteiger charge is 2.25. The number of hydrogen-bond donors (Lipinski definition) is 0. The first-order chi connectivity index (χ1) is 12.0. The van der Waals surface area contributed by atoms with E-state index in [0.717, 1.165) is 12.8 Å². The molecule has 3 rings (SSSR count). The highest BCUT2D eigenvalue weighted by atomic mass is 32.1. The second kappa shape index (κ2) is 7.78. The summed E-state index contributed by atoms with van der Waals surface area (Å²) in [5, 5.41) is 1.74. The fraction of sp³-hybridized carbons (Fsp3) is 0.368. The van der Waals surface area contributed by atoms with E-state index in [-0.39, 0.29) is 23.4 Å². The molecular weight excluding hydrogens is 341 g/mol. The molecule has 4 nitrogen and oxygen atoms in total. The van der Waals surface area contributed by atoms with Gasteiger partial charge in [-0.3, -0.25) is 9.59 Å². The van der Waals surface area contributed by atoms with E-state index in [1.807, 2.05) is 4.90 Å². The Hall–Kier alpha value is -2.21. The van der Waals surface area contributed by atoms with Crippen LogP contribution < -0.4 is 4.74 Å². The van der Waals surface area contributed by atoms with E-state index in [4.69, 9.17) is 4.74 Å². The number of thiophene rings is 1. The minimum absolute atomic E-state index is 0.0240. The van der Waals surface area contributed by atoms with Crippen molar-refractivity contribution in [2.45, 2.75) is 19.8 Å². The molecule has 1 saturated heterocycles. The van der Waals surface area contributed by atoms with Gasteiger partial charge in [0.15, 0.2) is 5.78 Å². The van der Waals surface area contributed by atoms with Gasteiger partial charge in [0.1, 0.15) is 11.6 Å². The van der Waals surface area contributed by atoms with Crippen molar-refractivity contribution in [3.8, 4) is 5.75 Å². The number of Topliss-reactive ketones (excluding diaryl/α,β-unsaturated/α-hetero) is 1. The van der Waals surface area contributed by atoms with Crippen molar-refractivity contribution in [3.63, 3.8) is 0 Å². The number of piperidine rings is 1. The Morgan fingerprint density at radius 3 is 2.92 bits per heavy atom. The van der Waals surface area contributed by atoms with Gasteiger partial charge in [-0.05, 0) is 38.0 Å². The Bertz CT molecular complexity index is 774. The first kappa shape index (κ1) is 17.6. The van der Waals surface area contributed by atoms with Gasteiger partial charge in [-0.15, -0.1) is 11.3 Å². The van der Waals surface area contributed by atoms with Gasteiger partial charge in [0.05, 0.1) is 17.0 Å². The van der Waals surface area contributed by atoms with Gasteiger partial charge in [-0.1, -0.05) is 6.07 Å². The molecule has 25 heavy (non-hydrogen) atoms. The van der Waals surface area contributed by atoms with Gasteiger partial charge >= 0.3 is 0 Å². The number of benzene rings is 1. The fourth-order valence-corrected chi connectivity index (χ4v) is 3.76. The Morgan fingerprint density at radius 2 is 2.20 bits per heavy atom. The van der Waals surface area contributed by atoms with Crippen LogP contribution in [0.25, 0.3) is 0 Å². The third-order valence-electron chi connectivity index (χ3n) is 4.28. The molecule has 1 fully saturated rings. The average molecular weight is 361 g/mol. The largest absolute Gasteiger partial charge is 0.493 e. The Morgan fingerprint density at radius 1 is 1.36 bits per heavy atom. The first-order valence-electron chi connectivity index (χ1n) is 8.30. The Labute approximate surface area is 150 Å². The molecule has 1 aromatic heterocycles. The highest BCUT2D eigenvalue weighted by molar-refractivity contribution is 7.12. The van der Waals surface area contributed by atoms with Crippen molar-refractivity contribution in [1.82, 2.24) is 4.90 Å². The molecule has 1 amide bonds. The molecule has 0 saturated carbocycles. The summed E-state index contributed by atoms with van der Waals surface area (Å²) in [6, 6.07) is 7.75. The summed E-state index contributed by atoms with van der Waals surface area (Å²) in [5.41, 5.74) is 0.571. The van der Waals surface area contributed by atoms with Crippen molar-refractivity contribution < 1.29 is 18.7 Å². The highest BCUT2D eigenvalue weighted by Crippen LogP contribution is 2.23. The van der Waals surface area contributed by atoms with Crippen LogP contribution in [0.4, 0.5) is 4.39 Å². The van der Waals surface area contributed by atoms with Crippen LogP contribution >= 0.6 is 11.3 Å². The number of halogens is 1. The zero-order valence-corrected chi connectivity index (χ0v) is 14.9. The second-order valence-electron chi connectivity index (χ2n) is 6.28. The molecule has 0 radical (unpaired) electrons. The number of nitrogens with zero attached hydrogens (tertiary/aromatic N) is 1. The summed E-state index contributed by atoms with van der Waals surface area (Å²) in [7, 11) is 0. The standard InChI is InChI=1S/C19H20FNO3S/c1-13(22)18-8-15(12-25-18)19(23)21-7-3-4-14(10-21)11-24-17-6-2-5-16(20)9-17/h2,5-6,8-9,12,14H,3-4,7,10-11H2,1H3. The molecule has 0 bridgehead atoms. The number of carbonyl (C=O) groups is 2. The number of rotatable bonds is 5. The fourth-order valence-electron chi connectivity index (χ4n) is 2.97. The number of ketones is 1. The zero-order valence-electron chi connectivity index (χ0n) is 14.0. The second-order valence-corrected chi connectivity index (χ2v) is 7.19. The zero-order chi connectivity index (χ0) is 17.8. The predicted molar refractivity (Wildman–Crippen MR) is 94.8 cm³/mol. The maximum absolute atomic E-state index is 13.2. The van der Waals surface area contributed by atoms with Crippen LogP contribution in [0.3, 0.4) is 0 Å². The monoisotopic (exact) mass is 361 g/mol. The molecule has 132 valence electrons. The number of carbonyl (C=O) groups excluding carboxylic acids is 2. The van der Waals surface area contributed by atoms with Crippen molar-refractivity contribution >= 4 is 23.0 Å². The first-order valence-corrected chi connectivity index (χ1v) is 9.18. The van der Waals surface area contributed by atoms with Crippen molar-refractivity contribution in [2.24, 2.45) is 5.92 Å².